The molecule has 0 saturated carbocycles. The van der Waals surface area contributed by atoms with Crippen LogP contribution in [-0.2, 0) is 13.0 Å². The van der Waals surface area contributed by atoms with Crippen molar-refractivity contribution in [2.24, 2.45) is 0 Å². The third-order valence-electron chi connectivity index (χ3n) is 4.67. The maximum atomic E-state index is 12.7. The van der Waals surface area contributed by atoms with E-state index >= 15 is 0 Å². The molecule has 2 aromatic carbocycles. The third-order valence-corrected chi connectivity index (χ3v) is 6.51. The minimum absolute atomic E-state index is 0.0973. The zero-order valence-electron chi connectivity index (χ0n) is 16.1. The molecular formula is C23H21N3OS2. The fraction of sp³-hybridized carbons (Fsp3) is 0.174. The zero-order chi connectivity index (χ0) is 20.1. The Morgan fingerprint density at radius 1 is 0.966 bits per heavy atom. The lowest BCUT2D eigenvalue weighted by Gasteiger charge is -2.07. The Morgan fingerprint density at radius 3 is 2.41 bits per heavy atom. The predicted octanol–water partition coefficient (Wildman–Crippen LogP) is 5.59. The van der Waals surface area contributed by atoms with E-state index in [1.807, 2.05) is 48.5 Å². The van der Waals surface area contributed by atoms with E-state index in [1.54, 1.807) is 11.3 Å². The topological polar surface area (TPSA) is 47.8 Å². The van der Waals surface area contributed by atoms with Crippen LogP contribution in [0.3, 0.4) is 0 Å². The molecule has 4 nitrogen and oxygen atoms in total. The van der Waals surface area contributed by atoms with Crippen LogP contribution in [0.1, 0.15) is 28.0 Å². The number of Topliss-reactive ketones (excluding diaryl/α,β-unsaturated/α-hetero) is 1. The fourth-order valence-corrected chi connectivity index (χ4v) is 4.75. The SMILES string of the molecule is CCn1c(Cc2cccs2)nnc1SCC(=O)c1ccc(-c2ccccc2)cc1. The second-order valence-corrected chi connectivity index (χ2v) is 8.53. The maximum Gasteiger partial charge on any atom is 0.191 e. The molecule has 0 bridgehead atoms. The summed E-state index contributed by atoms with van der Waals surface area (Å²) in [5.41, 5.74) is 2.98. The van der Waals surface area contributed by atoms with Crippen molar-refractivity contribution in [1.29, 1.82) is 0 Å². The van der Waals surface area contributed by atoms with Crippen LogP contribution in [0, 0.1) is 0 Å². The van der Waals surface area contributed by atoms with Gasteiger partial charge in [0.25, 0.3) is 0 Å². The molecule has 0 atom stereocenters. The summed E-state index contributed by atoms with van der Waals surface area (Å²) in [6, 6.07) is 22.1. The highest BCUT2D eigenvalue weighted by molar-refractivity contribution is 7.99. The molecule has 29 heavy (non-hydrogen) atoms. The molecule has 0 unspecified atom stereocenters. The van der Waals surface area contributed by atoms with Gasteiger partial charge in [0.15, 0.2) is 10.9 Å². The highest BCUT2D eigenvalue weighted by Gasteiger charge is 2.15. The van der Waals surface area contributed by atoms with Crippen molar-refractivity contribution >= 4 is 28.9 Å². The summed E-state index contributed by atoms with van der Waals surface area (Å²) in [5.74, 6) is 1.39. The molecule has 0 saturated heterocycles. The van der Waals surface area contributed by atoms with Crippen molar-refractivity contribution in [1.82, 2.24) is 14.8 Å². The molecule has 4 aromatic rings. The van der Waals surface area contributed by atoms with Gasteiger partial charge in [0, 0.05) is 23.4 Å². The van der Waals surface area contributed by atoms with Crippen molar-refractivity contribution < 1.29 is 4.79 Å². The van der Waals surface area contributed by atoms with E-state index in [1.165, 1.54) is 16.6 Å². The number of thioether (sulfide) groups is 1. The van der Waals surface area contributed by atoms with E-state index in [0.29, 0.717) is 5.75 Å². The standard InChI is InChI=1S/C23H21N3OS2/c1-2-26-22(15-20-9-6-14-28-20)24-25-23(26)29-16-21(27)19-12-10-18(11-13-19)17-7-4-3-5-8-17/h3-14H,2,15-16H2,1H3. The number of ketones is 1. The van der Waals surface area contributed by atoms with Crippen LogP contribution in [0.4, 0.5) is 0 Å². The van der Waals surface area contributed by atoms with E-state index in [0.717, 1.165) is 40.6 Å². The van der Waals surface area contributed by atoms with Crippen LogP contribution in [0.15, 0.2) is 77.3 Å². The van der Waals surface area contributed by atoms with Crippen molar-refractivity contribution in [2.75, 3.05) is 5.75 Å². The second-order valence-electron chi connectivity index (χ2n) is 6.55. The molecular weight excluding hydrogens is 398 g/mol. The van der Waals surface area contributed by atoms with Crippen LogP contribution in [-0.4, -0.2) is 26.3 Å². The van der Waals surface area contributed by atoms with Crippen molar-refractivity contribution in [3.05, 3.63) is 88.4 Å². The van der Waals surface area contributed by atoms with Gasteiger partial charge < -0.3 is 4.57 Å². The first-order chi connectivity index (χ1) is 14.2. The van der Waals surface area contributed by atoms with Gasteiger partial charge in [0.05, 0.1) is 5.75 Å². The van der Waals surface area contributed by atoms with Gasteiger partial charge in [-0.05, 0) is 29.5 Å². The number of hydrogen-bond acceptors (Lipinski definition) is 5. The summed E-state index contributed by atoms with van der Waals surface area (Å²) in [7, 11) is 0. The molecule has 4 rings (SSSR count). The molecule has 0 amide bonds. The van der Waals surface area contributed by atoms with Crippen LogP contribution in [0.2, 0.25) is 0 Å². The van der Waals surface area contributed by atoms with Gasteiger partial charge in [-0.2, -0.15) is 0 Å². The van der Waals surface area contributed by atoms with Crippen LogP contribution >= 0.6 is 23.1 Å². The predicted molar refractivity (Wildman–Crippen MR) is 120 cm³/mol. The first-order valence-electron chi connectivity index (χ1n) is 9.50. The number of nitrogens with zero attached hydrogens (tertiary/aromatic N) is 3. The molecule has 6 heteroatoms. The molecule has 0 aliphatic rings. The second kappa shape index (κ2) is 9.20. The monoisotopic (exact) mass is 419 g/mol. The van der Waals surface area contributed by atoms with E-state index in [2.05, 4.69) is 45.3 Å². The van der Waals surface area contributed by atoms with Gasteiger partial charge in [-0.15, -0.1) is 21.5 Å². The van der Waals surface area contributed by atoms with E-state index in [-0.39, 0.29) is 5.78 Å². The van der Waals surface area contributed by atoms with Gasteiger partial charge in [-0.1, -0.05) is 72.4 Å². The Kier molecular flexibility index (Phi) is 6.22. The fourth-order valence-electron chi connectivity index (χ4n) is 3.14. The number of aromatic nitrogens is 3. The summed E-state index contributed by atoms with van der Waals surface area (Å²) in [6.45, 7) is 2.87. The molecule has 0 aliphatic heterocycles. The van der Waals surface area contributed by atoms with Crippen LogP contribution in [0.25, 0.3) is 11.1 Å². The van der Waals surface area contributed by atoms with Crippen LogP contribution < -0.4 is 0 Å². The summed E-state index contributed by atoms with van der Waals surface area (Å²) in [5, 5.41) is 11.5. The number of carbonyl (C=O) groups excluding carboxylic acids is 1. The molecule has 0 aliphatic carbocycles. The minimum Gasteiger partial charge on any atom is -0.306 e. The first-order valence-corrected chi connectivity index (χ1v) is 11.4. The number of benzene rings is 2. The largest absolute Gasteiger partial charge is 0.306 e. The Labute approximate surface area is 178 Å². The number of thiophene rings is 1. The number of rotatable bonds is 8. The van der Waals surface area contributed by atoms with E-state index in [4.69, 9.17) is 0 Å². The maximum absolute atomic E-state index is 12.7. The lowest BCUT2D eigenvalue weighted by atomic mass is 10.0. The smallest absolute Gasteiger partial charge is 0.191 e. The van der Waals surface area contributed by atoms with E-state index in [9.17, 15) is 4.79 Å². The van der Waals surface area contributed by atoms with Crippen molar-refractivity contribution in [3.8, 4) is 11.1 Å². The quantitative estimate of drug-likeness (QED) is 0.276. The van der Waals surface area contributed by atoms with Crippen molar-refractivity contribution in [3.63, 3.8) is 0 Å². The average Bonchev–Trinajstić information content (AvgIpc) is 3.42. The summed E-state index contributed by atoms with van der Waals surface area (Å²) >= 11 is 3.17. The molecule has 2 aromatic heterocycles. The Balaban J connectivity index is 1.41. The van der Waals surface area contributed by atoms with E-state index < -0.39 is 0 Å². The Bertz CT molecular complexity index is 1070. The summed E-state index contributed by atoms with van der Waals surface area (Å²) in [4.78, 5) is 13.9. The van der Waals surface area contributed by atoms with Gasteiger partial charge >= 0.3 is 0 Å². The van der Waals surface area contributed by atoms with Gasteiger partial charge in [0.2, 0.25) is 0 Å². The zero-order valence-corrected chi connectivity index (χ0v) is 17.7. The average molecular weight is 420 g/mol. The molecule has 0 spiro atoms. The minimum atomic E-state index is 0.0973. The van der Waals surface area contributed by atoms with Gasteiger partial charge in [0.1, 0.15) is 5.82 Å². The van der Waals surface area contributed by atoms with Crippen LogP contribution in [0.5, 0.6) is 0 Å². The molecule has 0 radical (unpaired) electrons. The number of carbonyl (C=O) groups is 1. The number of hydrogen-bond donors (Lipinski definition) is 0. The summed E-state index contributed by atoms with van der Waals surface area (Å²) in [6.07, 6.45) is 0.772. The van der Waals surface area contributed by atoms with Gasteiger partial charge in [-0.25, -0.2) is 0 Å². The Hall–Kier alpha value is -2.70. The van der Waals surface area contributed by atoms with Crippen molar-refractivity contribution in [2.45, 2.75) is 25.0 Å². The van der Waals surface area contributed by atoms with Gasteiger partial charge in [-0.3, -0.25) is 4.79 Å². The molecule has 0 N–H and O–H groups in total. The lowest BCUT2D eigenvalue weighted by Crippen LogP contribution is -2.06. The lowest BCUT2D eigenvalue weighted by molar-refractivity contribution is 0.102. The highest BCUT2D eigenvalue weighted by Crippen LogP contribution is 2.23. The summed E-state index contributed by atoms with van der Waals surface area (Å²) < 4.78 is 2.09. The normalized spacial score (nSPS) is 10.9. The Morgan fingerprint density at radius 2 is 1.72 bits per heavy atom. The highest BCUT2D eigenvalue weighted by atomic mass is 32.2. The third kappa shape index (κ3) is 4.66. The first kappa shape index (κ1) is 19.6. The molecule has 0 fully saturated rings. The molecule has 146 valence electrons. The molecule has 2 heterocycles.